The molecule has 2 heterocycles. The first-order valence-corrected chi connectivity index (χ1v) is 12.8. The molecule has 0 radical (unpaired) electrons. The van der Waals surface area contributed by atoms with Crippen molar-refractivity contribution in [1.29, 1.82) is 5.26 Å². The summed E-state index contributed by atoms with van der Waals surface area (Å²) in [4.78, 5) is 29.5. The Hall–Kier alpha value is -4.91. The van der Waals surface area contributed by atoms with Gasteiger partial charge in [0.05, 0.1) is 24.8 Å². The van der Waals surface area contributed by atoms with Crippen LogP contribution in [0.1, 0.15) is 48.0 Å². The quantitative estimate of drug-likeness (QED) is 0.330. The minimum Gasteiger partial charge on any atom is -0.493 e. The van der Waals surface area contributed by atoms with Crippen LogP contribution >= 0.6 is 0 Å². The van der Waals surface area contributed by atoms with E-state index in [0.717, 1.165) is 37.7 Å². The lowest BCUT2D eigenvalue weighted by molar-refractivity contribution is -0.117. The van der Waals surface area contributed by atoms with Gasteiger partial charge in [0.2, 0.25) is 11.8 Å². The highest BCUT2D eigenvalue weighted by Crippen LogP contribution is 2.43. The van der Waals surface area contributed by atoms with Crippen LogP contribution in [0, 0.1) is 17.2 Å². The summed E-state index contributed by atoms with van der Waals surface area (Å²) in [5.74, 6) is 1.27. The summed E-state index contributed by atoms with van der Waals surface area (Å²) in [5.41, 5.74) is 1.92. The lowest BCUT2D eigenvalue weighted by Crippen LogP contribution is -2.32. The predicted molar refractivity (Wildman–Crippen MR) is 143 cm³/mol. The summed E-state index contributed by atoms with van der Waals surface area (Å²) < 4.78 is 13.0. The van der Waals surface area contributed by atoms with Gasteiger partial charge in [-0.3, -0.25) is 9.59 Å². The Morgan fingerprint density at radius 1 is 1.08 bits per heavy atom. The van der Waals surface area contributed by atoms with Gasteiger partial charge in [-0.05, 0) is 68.0 Å². The van der Waals surface area contributed by atoms with Crippen molar-refractivity contribution in [3.05, 3.63) is 71.9 Å². The summed E-state index contributed by atoms with van der Waals surface area (Å²) in [7, 11) is 1.53. The van der Waals surface area contributed by atoms with Crippen molar-refractivity contribution in [3.63, 3.8) is 0 Å². The van der Waals surface area contributed by atoms with Crippen molar-refractivity contribution >= 4 is 29.0 Å². The lowest BCUT2D eigenvalue weighted by Gasteiger charge is -2.35. The maximum Gasteiger partial charge on any atom is 0.255 e. The largest absolute Gasteiger partial charge is 0.493 e. The van der Waals surface area contributed by atoms with E-state index in [1.54, 1.807) is 48.7 Å². The molecule has 0 bridgehead atoms. The molecule has 2 amide bonds. The standard InChI is InChI=1S/C29H26N6O4/c1-38-22-9-8-21(31-28(37)19-4-2-5-20(14-19)29(17-30)12-3-13-29)15-23(22)39-26-11-10-25-32-24(16-35(25)34-26)33-27(36)18-6-7-18/h2,4-5,8-11,14-16,18H,3,6-7,12-13H2,1H3,(H,31,37)(H,33,36). The second-order valence-electron chi connectivity index (χ2n) is 9.91. The molecule has 2 aromatic heterocycles. The third kappa shape index (κ3) is 4.86. The number of nitrogens with one attached hydrogen (secondary N) is 2. The zero-order valence-corrected chi connectivity index (χ0v) is 21.3. The van der Waals surface area contributed by atoms with Crippen molar-refractivity contribution in [3.8, 4) is 23.4 Å². The van der Waals surface area contributed by atoms with Gasteiger partial charge < -0.3 is 20.1 Å². The van der Waals surface area contributed by atoms with Crippen LogP contribution in [0.15, 0.2) is 60.8 Å². The third-order valence-corrected chi connectivity index (χ3v) is 7.23. The highest BCUT2D eigenvalue weighted by molar-refractivity contribution is 6.04. The molecule has 2 fully saturated rings. The molecule has 4 aromatic rings. The van der Waals surface area contributed by atoms with Crippen LogP contribution in [0.4, 0.5) is 11.5 Å². The molecule has 2 saturated carbocycles. The first kappa shape index (κ1) is 24.4. The van der Waals surface area contributed by atoms with Crippen molar-refractivity contribution in [1.82, 2.24) is 14.6 Å². The van der Waals surface area contributed by atoms with E-state index in [9.17, 15) is 14.9 Å². The van der Waals surface area contributed by atoms with Crippen molar-refractivity contribution in [2.45, 2.75) is 37.5 Å². The molecule has 0 atom stereocenters. The highest BCUT2D eigenvalue weighted by Gasteiger charge is 2.39. The van der Waals surface area contributed by atoms with Crippen molar-refractivity contribution in [2.75, 3.05) is 17.7 Å². The van der Waals surface area contributed by atoms with Crippen LogP contribution < -0.4 is 20.1 Å². The molecule has 10 heteroatoms. The van der Waals surface area contributed by atoms with E-state index < -0.39 is 5.41 Å². The number of hydrogen-bond acceptors (Lipinski definition) is 7. The smallest absolute Gasteiger partial charge is 0.255 e. The first-order valence-electron chi connectivity index (χ1n) is 12.8. The predicted octanol–water partition coefficient (Wildman–Crippen LogP) is 5.08. The molecule has 0 spiro atoms. The molecular weight excluding hydrogens is 496 g/mol. The van der Waals surface area contributed by atoms with Gasteiger partial charge in [0.15, 0.2) is 23.0 Å². The van der Waals surface area contributed by atoms with E-state index in [1.165, 1.54) is 11.6 Å². The minimum absolute atomic E-state index is 0.0298. The van der Waals surface area contributed by atoms with Gasteiger partial charge in [-0.25, -0.2) is 9.50 Å². The third-order valence-electron chi connectivity index (χ3n) is 7.23. The Labute approximate surface area is 224 Å². The minimum atomic E-state index is -0.496. The fraction of sp³-hybridized carbons (Fsp3) is 0.276. The van der Waals surface area contributed by atoms with E-state index in [4.69, 9.17) is 9.47 Å². The average molecular weight is 523 g/mol. The number of carbonyl (C=O) groups excluding carboxylic acids is 2. The number of carbonyl (C=O) groups is 2. The molecular formula is C29H26N6O4. The molecule has 0 saturated heterocycles. The number of hydrogen-bond donors (Lipinski definition) is 2. The number of benzene rings is 2. The molecule has 6 rings (SSSR count). The molecule has 196 valence electrons. The number of rotatable bonds is 8. The molecule has 2 aliphatic rings. The molecule has 2 aromatic carbocycles. The van der Waals surface area contributed by atoms with Gasteiger partial charge in [-0.2, -0.15) is 5.26 Å². The van der Waals surface area contributed by atoms with Crippen LogP contribution in [0.25, 0.3) is 5.65 Å². The Bertz CT molecular complexity index is 1630. The van der Waals surface area contributed by atoms with Gasteiger partial charge in [-0.1, -0.05) is 12.1 Å². The monoisotopic (exact) mass is 522 g/mol. The second-order valence-corrected chi connectivity index (χ2v) is 9.91. The van der Waals surface area contributed by atoms with Gasteiger partial charge >= 0.3 is 0 Å². The van der Waals surface area contributed by atoms with Crippen LogP contribution in [-0.4, -0.2) is 33.5 Å². The first-order chi connectivity index (χ1) is 19.0. The Kier molecular flexibility index (Phi) is 6.11. The highest BCUT2D eigenvalue weighted by atomic mass is 16.5. The fourth-order valence-corrected chi connectivity index (χ4v) is 4.66. The number of nitrogens with zero attached hydrogens (tertiary/aromatic N) is 4. The Morgan fingerprint density at radius 2 is 1.92 bits per heavy atom. The maximum atomic E-state index is 13.1. The van der Waals surface area contributed by atoms with Gasteiger partial charge in [0.25, 0.3) is 5.91 Å². The van der Waals surface area contributed by atoms with Crippen LogP contribution in [0.5, 0.6) is 17.4 Å². The van der Waals surface area contributed by atoms with Crippen molar-refractivity contribution in [2.24, 2.45) is 5.92 Å². The normalized spacial score (nSPS) is 15.6. The number of anilines is 2. The van der Waals surface area contributed by atoms with Gasteiger partial charge in [0, 0.05) is 29.3 Å². The number of ether oxygens (including phenoxy) is 2. The topological polar surface area (TPSA) is 131 Å². The number of fused-ring (bicyclic) bond motifs is 1. The fourth-order valence-electron chi connectivity index (χ4n) is 4.66. The van der Waals surface area contributed by atoms with Crippen LogP contribution in [-0.2, 0) is 10.2 Å². The van der Waals surface area contributed by atoms with E-state index in [-0.39, 0.29) is 23.6 Å². The number of aromatic nitrogens is 3. The van der Waals surface area contributed by atoms with Gasteiger partial charge in [0.1, 0.15) is 0 Å². The SMILES string of the molecule is COc1ccc(NC(=O)c2cccc(C3(C#N)CCC3)c2)cc1Oc1ccc2nc(NC(=O)C3CC3)cn2n1. The van der Waals surface area contributed by atoms with E-state index in [0.29, 0.717) is 34.2 Å². The molecule has 0 aliphatic heterocycles. The second kappa shape index (κ2) is 9.76. The Morgan fingerprint density at radius 3 is 2.64 bits per heavy atom. The number of methoxy groups -OCH3 is 1. The van der Waals surface area contributed by atoms with E-state index in [1.807, 2.05) is 12.1 Å². The number of imidazole rings is 1. The molecule has 2 N–H and O–H groups in total. The summed E-state index contributed by atoms with van der Waals surface area (Å²) in [6.45, 7) is 0. The summed E-state index contributed by atoms with van der Waals surface area (Å²) in [6.07, 6.45) is 6.08. The Balaban J connectivity index is 1.19. The summed E-state index contributed by atoms with van der Waals surface area (Å²) >= 11 is 0. The van der Waals surface area contributed by atoms with Crippen molar-refractivity contribution < 1.29 is 19.1 Å². The number of amides is 2. The zero-order valence-electron chi connectivity index (χ0n) is 21.3. The van der Waals surface area contributed by atoms with Crippen LogP contribution in [0.2, 0.25) is 0 Å². The summed E-state index contributed by atoms with van der Waals surface area (Å²) in [5, 5.41) is 19.8. The summed E-state index contributed by atoms with van der Waals surface area (Å²) in [6, 6.07) is 18.1. The average Bonchev–Trinajstić information content (AvgIpc) is 3.69. The van der Waals surface area contributed by atoms with Gasteiger partial charge in [-0.15, -0.1) is 5.10 Å². The molecule has 10 nitrogen and oxygen atoms in total. The zero-order chi connectivity index (χ0) is 27.0. The molecule has 39 heavy (non-hydrogen) atoms. The van der Waals surface area contributed by atoms with E-state index >= 15 is 0 Å². The molecule has 2 aliphatic carbocycles. The maximum absolute atomic E-state index is 13.1. The number of nitriles is 1. The van der Waals surface area contributed by atoms with Crippen LogP contribution in [0.3, 0.4) is 0 Å². The molecule has 0 unspecified atom stereocenters. The van der Waals surface area contributed by atoms with E-state index in [2.05, 4.69) is 26.8 Å². The lowest BCUT2D eigenvalue weighted by atomic mass is 9.65.